The Balaban J connectivity index is 1.53. The summed E-state index contributed by atoms with van der Waals surface area (Å²) in [7, 11) is 0. The molecule has 134 valence electrons. The third kappa shape index (κ3) is 4.06. The number of hydrogen-bond donors (Lipinski definition) is 1. The van der Waals surface area contributed by atoms with Crippen LogP contribution in [0.4, 0.5) is 0 Å². The summed E-state index contributed by atoms with van der Waals surface area (Å²) in [5.41, 5.74) is 3.62. The summed E-state index contributed by atoms with van der Waals surface area (Å²) < 4.78 is 5.31. The molecule has 1 amide bonds. The number of nitrogens with one attached hydrogen (secondary N) is 1. The first kappa shape index (κ1) is 17.0. The average molecular weight is 356 g/mol. The van der Waals surface area contributed by atoms with Crippen LogP contribution in [0.1, 0.15) is 22.9 Å². The quantitative estimate of drug-likeness (QED) is 0.554. The number of benzene rings is 3. The van der Waals surface area contributed by atoms with Gasteiger partial charge in [-0.3, -0.25) is 4.79 Å². The van der Waals surface area contributed by atoms with Crippen LogP contribution in [-0.4, -0.2) is 11.1 Å². The number of carbonyl (C=O) groups excluding carboxylic acids is 1. The Kier molecular flexibility index (Phi) is 4.97. The zero-order chi connectivity index (χ0) is 18.5. The van der Waals surface area contributed by atoms with Gasteiger partial charge in [-0.15, -0.1) is 0 Å². The standard InChI is InChI=1S/C23H20N2O2/c26-23(16-21-19-13-7-8-14-22(19)27-25-21)24-20(18-11-5-2-6-12-18)15-17-9-3-1-4-10-17/h1-14,20H,15-16H2,(H,24,26)/t20-/m1/s1. The SMILES string of the molecule is O=C(Cc1noc2ccccc12)N[C@H](Cc1ccccc1)c1ccccc1. The van der Waals surface area contributed by atoms with Gasteiger partial charge < -0.3 is 9.84 Å². The Labute approximate surface area is 157 Å². The van der Waals surface area contributed by atoms with Crippen molar-refractivity contribution < 1.29 is 9.32 Å². The van der Waals surface area contributed by atoms with Crippen molar-refractivity contribution in [3.05, 3.63) is 102 Å². The maximum absolute atomic E-state index is 12.7. The molecule has 4 heteroatoms. The molecule has 0 saturated heterocycles. The van der Waals surface area contributed by atoms with E-state index < -0.39 is 0 Å². The van der Waals surface area contributed by atoms with Crippen molar-refractivity contribution in [2.75, 3.05) is 0 Å². The summed E-state index contributed by atoms with van der Waals surface area (Å²) in [6.07, 6.45) is 0.922. The predicted molar refractivity (Wildman–Crippen MR) is 105 cm³/mol. The second-order valence-corrected chi connectivity index (χ2v) is 6.52. The van der Waals surface area contributed by atoms with Gasteiger partial charge >= 0.3 is 0 Å². The molecule has 0 saturated carbocycles. The first-order valence-electron chi connectivity index (χ1n) is 9.01. The molecule has 1 heterocycles. The van der Waals surface area contributed by atoms with E-state index in [1.54, 1.807) is 0 Å². The normalized spacial score (nSPS) is 12.0. The molecule has 3 aromatic carbocycles. The van der Waals surface area contributed by atoms with Crippen molar-refractivity contribution in [3.63, 3.8) is 0 Å². The first-order valence-corrected chi connectivity index (χ1v) is 9.01. The van der Waals surface area contributed by atoms with Crippen LogP contribution < -0.4 is 5.32 Å². The van der Waals surface area contributed by atoms with E-state index in [1.165, 1.54) is 5.56 Å². The molecule has 4 aromatic rings. The summed E-state index contributed by atoms with van der Waals surface area (Å²) in [5, 5.41) is 8.11. The van der Waals surface area contributed by atoms with Gasteiger partial charge in [-0.2, -0.15) is 0 Å². The third-order valence-corrected chi connectivity index (χ3v) is 4.60. The molecule has 1 aromatic heterocycles. The molecule has 27 heavy (non-hydrogen) atoms. The minimum absolute atomic E-state index is 0.0705. The number of hydrogen-bond acceptors (Lipinski definition) is 3. The monoisotopic (exact) mass is 356 g/mol. The van der Waals surface area contributed by atoms with Crippen LogP contribution in [0.2, 0.25) is 0 Å². The minimum atomic E-state index is -0.0979. The van der Waals surface area contributed by atoms with Crippen LogP contribution in [0.25, 0.3) is 11.0 Å². The third-order valence-electron chi connectivity index (χ3n) is 4.60. The van der Waals surface area contributed by atoms with E-state index in [0.717, 1.165) is 17.4 Å². The molecule has 1 N–H and O–H groups in total. The number of aromatic nitrogens is 1. The Morgan fingerprint density at radius 2 is 1.56 bits per heavy atom. The molecule has 0 radical (unpaired) electrons. The van der Waals surface area contributed by atoms with Crippen LogP contribution >= 0.6 is 0 Å². The van der Waals surface area contributed by atoms with E-state index in [9.17, 15) is 4.79 Å². The number of amides is 1. The number of nitrogens with zero attached hydrogens (tertiary/aromatic N) is 1. The highest BCUT2D eigenvalue weighted by atomic mass is 16.5. The molecular formula is C23H20N2O2. The zero-order valence-corrected chi connectivity index (χ0v) is 14.8. The summed E-state index contributed by atoms with van der Waals surface area (Å²) in [6.45, 7) is 0. The lowest BCUT2D eigenvalue weighted by Gasteiger charge is -2.19. The van der Waals surface area contributed by atoms with Gasteiger partial charge in [0, 0.05) is 5.39 Å². The van der Waals surface area contributed by atoms with Gasteiger partial charge in [-0.05, 0) is 29.7 Å². The summed E-state index contributed by atoms with van der Waals surface area (Å²) in [6, 6.07) is 27.7. The Hall–Kier alpha value is -3.40. The second-order valence-electron chi connectivity index (χ2n) is 6.52. The van der Waals surface area contributed by atoms with Gasteiger partial charge in [0.1, 0.15) is 5.69 Å². The number of rotatable bonds is 6. The van der Waals surface area contributed by atoms with Crippen molar-refractivity contribution in [1.29, 1.82) is 0 Å². The summed E-state index contributed by atoms with van der Waals surface area (Å²) in [4.78, 5) is 12.7. The van der Waals surface area contributed by atoms with Crippen molar-refractivity contribution in [1.82, 2.24) is 10.5 Å². The predicted octanol–water partition coefficient (Wildman–Crippen LogP) is 4.47. The fourth-order valence-electron chi connectivity index (χ4n) is 3.25. The minimum Gasteiger partial charge on any atom is -0.356 e. The molecule has 0 aliphatic carbocycles. The molecule has 0 spiro atoms. The zero-order valence-electron chi connectivity index (χ0n) is 14.8. The van der Waals surface area contributed by atoms with Crippen molar-refractivity contribution >= 4 is 16.9 Å². The van der Waals surface area contributed by atoms with Crippen LogP contribution in [0.15, 0.2) is 89.5 Å². The highest BCUT2D eigenvalue weighted by Crippen LogP contribution is 2.21. The topological polar surface area (TPSA) is 55.1 Å². The lowest BCUT2D eigenvalue weighted by molar-refractivity contribution is -0.121. The fraction of sp³-hybridized carbons (Fsp3) is 0.130. The number of carbonyl (C=O) groups is 1. The van der Waals surface area contributed by atoms with Crippen molar-refractivity contribution in [3.8, 4) is 0 Å². The molecule has 0 unspecified atom stereocenters. The Bertz CT molecular complexity index is 1030. The van der Waals surface area contributed by atoms with Crippen LogP contribution in [0.5, 0.6) is 0 Å². The highest BCUT2D eigenvalue weighted by molar-refractivity contribution is 5.86. The van der Waals surface area contributed by atoms with E-state index in [4.69, 9.17) is 4.52 Å². The fourth-order valence-corrected chi connectivity index (χ4v) is 3.25. The van der Waals surface area contributed by atoms with Gasteiger partial charge in [0.25, 0.3) is 0 Å². The van der Waals surface area contributed by atoms with Gasteiger partial charge in [0.05, 0.1) is 12.5 Å². The molecule has 0 bridgehead atoms. The molecule has 4 nitrogen and oxygen atoms in total. The lowest BCUT2D eigenvalue weighted by atomic mass is 9.98. The van der Waals surface area contributed by atoms with Crippen LogP contribution in [-0.2, 0) is 17.6 Å². The second kappa shape index (κ2) is 7.87. The van der Waals surface area contributed by atoms with Crippen LogP contribution in [0.3, 0.4) is 0 Å². The van der Waals surface area contributed by atoms with E-state index >= 15 is 0 Å². The molecule has 1 atom stereocenters. The Morgan fingerprint density at radius 3 is 2.33 bits per heavy atom. The summed E-state index contributed by atoms with van der Waals surface area (Å²) in [5.74, 6) is -0.0705. The van der Waals surface area contributed by atoms with Gasteiger partial charge in [-0.25, -0.2) is 0 Å². The van der Waals surface area contributed by atoms with E-state index in [0.29, 0.717) is 11.3 Å². The van der Waals surface area contributed by atoms with E-state index in [2.05, 4.69) is 22.6 Å². The maximum atomic E-state index is 12.7. The molecule has 0 fully saturated rings. The smallest absolute Gasteiger partial charge is 0.226 e. The number of fused-ring (bicyclic) bond motifs is 1. The largest absolute Gasteiger partial charge is 0.356 e. The van der Waals surface area contributed by atoms with Crippen molar-refractivity contribution in [2.24, 2.45) is 0 Å². The van der Waals surface area contributed by atoms with Gasteiger partial charge in [0.15, 0.2) is 5.58 Å². The van der Waals surface area contributed by atoms with E-state index in [1.807, 2.05) is 72.8 Å². The maximum Gasteiger partial charge on any atom is 0.226 e. The molecule has 0 aliphatic heterocycles. The lowest BCUT2D eigenvalue weighted by Crippen LogP contribution is -2.31. The first-order chi connectivity index (χ1) is 13.3. The van der Waals surface area contributed by atoms with Crippen LogP contribution in [0, 0.1) is 0 Å². The van der Waals surface area contributed by atoms with E-state index in [-0.39, 0.29) is 18.4 Å². The average Bonchev–Trinajstić information content (AvgIpc) is 3.12. The summed E-state index contributed by atoms with van der Waals surface area (Å²) >= 11 is 0. The Morgan fingerprint density at radius 1 is 0.889 bits per heavy atom. The van der Waals surface area contributed by atoms with Crippen molar-refractivity contribution in [2.45, 2.75) is 18.9 Å². The number of para-hydroxylation sites is 1. The van der Waals surface area contributed by atoms with Gasteiger partial charge in [-0.1, -0.05) is 78.0 Å². The van der Waals surface area contributed by atoms with Gasteiger partial charge in [0.2, 0.25) is 5.91 Å². The highest BCUT2D eigenvalue weighted by Gasteiger charge is 2.18. The molecule has 0 aliphatic rings. The molecular weight excluding hydrogens is 336 g/mol. The molecule has 4 rings (SSSR count).